The number of carbonyl (C=O) groups is 1. The number of amides is 2. The first kappa shape index (κ1) is 11.0. The fourth-order valence-corrected chi connectivity index (χ4v) is 2.02. The van der Waals surface area contributed by atoms with Gasteiger partial charge in [0.1, 0.15) is 0 Å². The highest BCUT2D eigenvalue weighted by Gasteiger charge is 2.19. The Kier molecular flexibility index (Phi) is 3.44. The predicted molar refractivity (Wildman–Crippen MR) is 64.4 cm³/mol. The maximum Gasteiger partial charge on any atom is 0.317 e. The molecule has 0 bridgehead atoms. The van der Waals surface area contributed by atoms with Crippen LogP contribution in [0.5, 0.6) is 0 Å². The van der Waals surface area contributed by atoms with Gasteiger partial charge in [-0.15, -0.1) is 0 Å². The number of carbonyl (C=O) groups excluding carboxylic acids is 1. The standard InChI is InChI=1S/C13H18N2O/c1-11(12-5-3-2-4-6-12)7-9-15-10-8-14-13(15)16/h2-6,11H,7-10H2,1H3,(H,14,16). The van der Waals surface area contributed by atoms with E-state index in [4.69, 9.17) is 0 Å². The van der Waals surface area contributed by atoms with E-state index in [0.717, 1.165) is 26.1 Å². The fraction of sp³-hybridized carbons (Fsp3) is 0.462. The maximum absolute atomic E-state index is 11.3. The van der Waals surface area contributed by atoms with E-state index in [0.29, 0.717) is 5.92 Å². The number of hydrogen-bond donors (Lipinski definition) is 1. The van der Waals surface area contributed by atoms with Gasteiger partial charge in [-0.2, -0.15) is 0 Å². The summed E-state index contributed by atoms with van der Waals surface area (Å²) in [7, 11) is 0. The highest BCUT2D eigenvalue weighted by atomic mass is 16.2. The van der Waals surface area contributed by atoms with Crippen LogP contribution in [0.15, 0.2) is 30.3 Å². The van der Waals surface area contributed by atoms with Crippen LogP contribution in [0.2, 0.25) is 0 Å². The molecule has 3 nitrogen and oxygen atoms in total. The minimum absolute atomic E-state index is 0.0836. The normalized spacial score (nSPS) is 17.3. The zero-order valence-electron chi connectivity index (χ0n) is 9.65. The first-order chi connectivity index (χ1) is 7.77. The molecule has 1 aromatic rings. The van der Waals surface area contributed by atoms with Crippen LogP contribution in [0.1, 0.15) is 24.8 Å². The van der Waals surface area contributed by atoms with Crippen LogP contribution in [0.4, 0.5) is 4.79 Å². The van der Waals surface area contributed by atoms with Gasteiger partial charge in [-0.25, -0.2) is 4.79 Å². The van der Waals surface area contributed by atoms with Crippen LogP contribution >= 0.6 is 0 Å². The average Bonchev–Trinajstić information content (AvgIpc) is 2.73. The number of urea groups is 1. The molecule has 0 aliphatic carbocycles. The Hall–Kier alpha value is -1.51. The van der Waals surface area contributed by atoms with Crippen molar-refractivity contribution >= 4 is 6.03 Å². The van der Waals surface area contributed by atoms with Crippen molar-refractivity contribution in [1.29, 1.82) is 0 Å². The van der Waals surface area contributed by atoms with Crippen LogP contribution in [0.3, 0.4) is 0 Å². The second-order valence-corrected chi connectivity index (χ2v) is 4.32. The highest BCUT2D eigenvalue weighted by Crippen LogP contribution is 2.19. The fourth-order valence-electron chi connectivity index (χ4n) is 2.02. The van der Waals surface area contributed by atoms with Crippen molar-refractivity contribution in [2.24, 2.45) is 0 Å². The molecule has 2 rings (SSSR count). The van der Waals surface area contributed by atoms with Crippen molar-refractivity contribution in [2.75, 3.05) is 19.6 Å². The largest absolute Gasteiger partial charge is 0.336 e. The number of nitrogens with zero attached hydrogens (tertiary/aromatic N) is 1. The van der Waals surface area contributed by atoms with Gasteiger partial charge >= 0.3 is 6.03 Å². The topological polar surface area (TPSA) is 32.3 Å². The van der Waals surface area contributed by atoms with E-state index in [2.05, 4.69) is 36.5 Å². The predicted octanol–water partition coefficient (Wildman–Crippen LogP) is 2.21. The van der Waals surface area contributed by atoms with Crippen molar-refractivity contribution in [3.63, 3.8) is 0 Å². The maximum atomic E-state index is 11.3. The SMILES string of the molecule is CC(CCN1CCNC1=O)c1ccccc1. The van der Waals surface area contributed by atoms with Crippen LogP contribution in [0, 0.1) is 0 Å². The molecular weight excluding hydrogens is 200 g/mol. The molecule has 1 heterocycles. The molecule has 86 valence electrons. The molecule has 0 aromatic heterocycles. The van der Waals surface area contributed by atoms with Gasteiger partial charge in [-0.3, -0.25) is 0 Å². The van der Waals surface area contributed by atoms with E-state index < -0.39 is 0 Å². The molecule has 1 aliphatic heterocycles. The molecule has 1 aromatic carbocycles. The quantitative estimate of drug-likeness (QED) is 0.825. The van der Waals surface area contributed by atoms with Crippen LogP contribution in [-0.4, -0.2) is 30.6 Å². The molecular formula is C13H18N2O. The van der Waals surface area contributed by atoms with Crippen molar-refractivity contribution in [1.82, 2.24) is 10.2 Å². The molecule has 2 amide bonds. The van der Waals surface area contributed by atoms with E-state index in [1.807, 2.05) is 11.0 Å². The lowest BCUT2D eigenvalue weighted by molar-refractivity contribution is 0.216. The Balaban J connectivity index is 1.84. The Bertz CT molecular complexity index is 350. The third-order valence-electron chi connectivity index (χ3n) is 3.15. The van der Waals surface area contributed by atoms with Crippen LogP contribution in [-0.2, 0) is 0 Å². The summed E-state index contributed by atoms with van der Waals surface area (Å²) in [6, 6.07) is 10.5. The second-order valence-electron chi connectivity index (χ2n) is 4.32. The molecule has 0 spiro atoms. The van der Waals surface area contributed by atoms with Crippen molar-refractivity contribution in [3.05, 3.63) is 35.9 Å². The first-order valence-corrected chi connectivity index (χ1v) is 5.85. The van der Waals surface area contributed by atoms with Gasteiger partial charge in [0.05, 0.1) is 0 Å². The molecule has 0 saturated carbocycles. The van der Waals surface area contributed by atoms with Gasteiger partial charge in [-0.1, -0.05) is 37.3 Å². The van der Waals surface area contributed by atoms with Gasteiger partial charge in [-0.05, 0) is 17.9 Å². The summed E-state index contributed by atoms with van der Waals surface area (Å²) in [6.07, 6.45) is 1.03. The molecule has 3 heteroatoms. The lowest BCUT2D eigenvalue weighted by atomic mass is 9.98. The molecule has 0 radical (unpaired) electrons. The average molecular weight is 218 g/mol. The van der Waals surface area contributed by atoms with Crippen LogP contribution < -0.4 is 5.32 Å². The third kappa shape index (κ3) is 2.54. The minimum atomic E-state index is 0.0836. The van der Waals surface area contributed by atoms with E-state index in [1.54, 1.807) is 0 Å². The number of rotatable bonds is 4. The molecule has 1 saturated heterocycles. The summed E-state index contributed by atoms with van der Waals surface area (Å²) in [6.45, 7) is 4.70. The third-order valence-corrected chi connectivity index (χ3v) is 3.15. The van der Waals surface area contributed by atoms with Crippen LogP contribution in [0.25, 0.3) is 0 Å². The summed E-state index contributed by atoms with van der Waals surface area (Å²) >= 11 is 0. The molecule has 1 unspecified atom stereocenters. The summed E-state index contributed by atoms with van der Waals surface area (Å²) < 4.78 is 0. The molecule has 16 heavy (non-hydrogen) atoms. The number of hydrogen-bond acceptors (Lipinski definition) is 1. The Morgan fingerprint density at radius 3 is 2.75 bits per heavy atom. The van der Waals surface area contributed by atoms with Crippen molar-refractivity contribution in [3.8, 4) is 0 Å². The van der Waals surface area contributed by atoms with Crippen molar-refractivity contribution in [2.45, 2.75) is 19.3 Å². The van der Waals surface area contributed by atoms with Gasteiger partial charge < -0.3 is 10.2 Å². The molecule has 1 N–H and O–H groups in total. The molecule has 1 aliphatic rings. The van der Waals surface area contributed by atoms with E-state index in [-0.39, 0.29) is 6.03 Å². The van der Waals surface area contributed by atoms with E-state index >= 15 is 0 Å². The highest BCUT2D eigenvalue weighted by molar-refractivity contribution is 5.76. The zero-order chi connectivity index (χ0) is 11.4. The first-order valence-electron chi connectivity index (χ1n) is 5.85. The monoisotopic (exact) mass is 218 g/mol. The number of nitrogens with one attached hydrogen (secondary N) is 1. The Morgan fingerprint density at radius 2 is 2.12 bits per heavy atom. The summed E-state index contributed by atoms with van der Waals surface area (Å²) in [4.78, 5) is 13.2. The summed E-state index contributed by atoms with van der Waals surface area (Å²) in [5.74, 6) is 0.509. The lowest BCUT2D eigenvalue weighted by Gasteiger charge is -2.17. The van der Waals surface area contributed by atoms with Gasteiger partial charge in [0, 0.05) is 19.6 Å². The minimum Gasteiger partial charge on any atom is -0.336 e. The number of benzene rings is 1. The summed E-state index contributed by atoms with van der Waals surface area (Å²) in [5, 5.41) is 2.82. The van der Waals surface area contributed by atoms with E-state index in [1.165, 1.54) is 5.56 Å². The molecule has 1 atom stereocenters. The van der Waals surface area contributed by atoms with Gasteiger partial charge in [0.15, 0.2) is 0 Å². The second kappa shape index (κ2) is 5.01. The van der Waals surface area contributed by atoms with Gasteiger partial charge in [0.2, 0.25) is 0 Å². The Labute approximate surface area is 96.5 Å². The Morgan fingerprint density at radius 1 is 1.38 bits per heavy atom. The van der Waals surface area contributed by atoms with Crippen molar-refractivity contribution < 1.29 is 4.79 Å². The lowest BCUT2D eigenvalue weighted by Crippen LogP contribution is -2.29. The smallest absolute Gasteiger partial charge is 0.317 e. The van der Waals surface area contributed by atoms with Gasteiger partial charge in [0.25, 0.3) is 0 Å². The van der Waals surface area contributed by atoms with E-state index in [9.17, 15) is 4.79 Å². The zero-order valence-corrected chi connectivity index (χ0v) is 9.65. The summed E-state index contributed by atoms with van der Waals surface area (Å²) in [5.41, 5.74) is 1.35. The molecule has 1 fully saturated rings.